The van der Waals surface area contributed by atoms with Crippen molar-refractivity contribution in [1.82, 2.24) is 29.6 Å². The van der Waals surface area contributed by atoms with Crippen molar-refractivity contribution in [3.8, 4) is 5.69 Å². The third-order valence-electron chi connectivity index (χ3n) is 8.08. The summed E-state index contributed by atoms with van der Waals surface area (Å²) in [7, 11) is -2.48. The Hall–Kier alpha value is -3.69. The van der Waals surface area contributed by atoms with E-state index in [1.807, 2.05) is 0 Å². The minimum Gasteiger partial charge on any atom is -0.292 e. The van der Waals surface area contributed by atoms with Crippen LogP contribution in [0.15, 0.2) is 53.9 Å². The number of hydrazone groups is 1. The number of hydrogen-bond acceptors (Lipinski definition) is 8. The molecule has 1 fully saturated rings. The smallest absolute Gasteiger partial charge is 0.292 e. The zero-order valence-electron chi connectivity index (χ0n) is 21.7. The van der Waals surface area contributed by atoms with E-state index in [0.29, 0.717) is 17.7 Å². The van der Waals surface area contributed by atoms with E-state index < -0.39 is 50.1 Å². The molecule has 1 aromatic carbocycles. The molecule has 6 rings (SSSR count). The van der Waals surface area contributed by atoms with Crippen molar-refractivity contribution in [3.05, 3.63) is 77.1 Å². The number of rotatable bonds is 5. The Morgan fingerprint density at radius 2 is 1.93 bits per heavy atom. The van der Waals surface area contributed by atoms with Crippen LogP contribution in [0.2, 0.25) is 0 Å². The second kappa shape index (κ2) is 9.70. The summed E-state index contributed by atoms with van der Waals surface area (Å²) in [5.74, 6) is -1.48. The largest absolute Gasteiger partial charge is 0.416 e. The average Bonchev–Trinajstić information content (AvgIpc) is 3.57. The normalized spacial score (nSPS) is 24.8. The molecule has 2 aromatic heterocycles. The van der Waals surface area contributed by atoms with Crippen LogP contribution in [0.3, 0.4) is 0 Å². The number of carbonyl (C=O) groups is 1. The molecule has 1 unspecified atom stereocenters. The number of ketones is 1. The molecule has 15 heteroatoms. The number of nitrogens with zero attached hydrogens (tertiary/aromatic N) is 6. The molecule has 3 aromatic rings. The number of halogens is 4. The summed E-state index contributed by atoms with van der Waals surface area (Å²) < 4.78 is 84.2. The van der Waals surface area contributed by atoms with Gasteiger partial charge in [0.1, 0.15) is 11.5 Å². The number of hydrogen-bond donors (Lipinski definition) is 1. The number of benzene rings is 1. The zero-order chi connectivity index (χ0) is 29.2. The van der Waals surface area contributed by atoms with Crippen molar-refractivity contribution < 1.29 is 30.8 Å². The molecule has 1 aliphatic carbocycles. The molecule has 0 bridgehead atoms. The van der Waals surface area contributed by atoms with Crippen molar-refractivity contribution in [2.45, 2.75) is 30.8 Å². The van der Waals surface area contributed by atoms with Gasteiger partial charge in [0.15, 0.2) is 11.2 Å². The molecular formula is C26H25F4N7O3S. The average molecular weight is 592 g/mol. The molecule has 0 saturated carbocycles. The fourth-order valence-electron chi connectivity index (χ4n) is 6.00. The molecule has 0 amide bonds. The first kappa shape index (κ1) is 27.5. The van der Waals surface area contributed by atoms with Gasteiger partial charge in [-0.25, -0.2) is 22.6 Å². The Balaban J connectivity index is 1.42. The van der Waals surface area contributed by atoms with Crippen molar-refractivity contribution in [1.29, 1.82) is 0 Å². The molecule has 3 atom stereocenters. The van der Waals surface area contributed by atoms with E-state index in [0.717, 1.165) is 24.0 Å². The van der Waals surface area contributed by atoms with E-state index in [9.17, 15) is 30.8 Å². The highest BCUT2D eigenvalue weighted by atomic mass is 32.2. The molecule has 4 heterocycles. The van der Waals surface area contributed by atoms with E-state index in [1.165, 1.54) is 27.8 Å². The summed E-state index contributed by atoms with van der Waals surface area (Å²) in [5.41, 5.74) is 1.99. The first-order chi connectivity index (χ1) is 19.4. The lowest BCUT2D eigenvalue weighted by molar-refractivity contribution is -0.137. The van der Waals surface area contributed by atoms with Gasteiger partial charge in [-0.2, -0.15) is 33.1 Å². The van der Waals surface area contributed by atoms with Gasteiger partial charge >= 0.3 is 6.18 Å². The SMILES string of the molecule is CN1N=CC(S(=O)(=O)N2CC[C@H]3Cc4c(cnn4-c4ccc(F)cc4)C[C@]3(C(=O)c3cc(C(F)(F)F)ccn3)C2)N1. The highest BCUT2D eigenvalue weighted by molar-refractivity contribution is 7.90. The van der Waals surface area contributed by atoms with Crippen LogP contribution in [-0.2, 0) is 29.0 Å². The maximum absolute atomic E-state index is 14.2. The van der Waals surface area contributed by atoms with Crippen LogP contribution in [0.25, 0.3) is 5.69 Å². The molecule has 2 aliphatic heterocycles. The second-order valence-corrected chi connectivity index (χ2v) is 12.6. The lowest BCUT2D eigenvalue weighted by Gasteiger charge is -2.49. The number of carbonyl (C=O) groups excluding carboxylic acids is 1. The molecule has 0 spiro atoms. The van der Waals surface area contributed by atoms with Gasteiger partial charge < -0.3 is 0 Å². The summed E-state index contributed by atoms with van der Waals surface area (Å²) in [5, 5.41) is 8.50. The summed E-state index contributed by atoms with van der Waals surface area (Å²) in [6.07, 6.45) is -0.300. The quantitative estimate of drug-likeness (QED) is 0.359. The van der Waals surface area contributed by atoms with Crippen molar-refractivity contribution >= 4 is 22.0 Å². The van der Waals surface area contributed by atoms with Crippen LogP contribution in [-0.4, -0.2) is 70.1 Å². The monoisotopic (exact) mass is 591 g/mol. The van der Waals surface area contributed by atoms with Crippen LogP contribution >= 0.6 is 0 Å². The van der Waals surface area contributed by atoms with E-state index >= 15 is 0 Å². The van der Waals surface area contributed by atoms with Crippen LogP contribution in [0, 0.1) is 17.2 Å². The van der Waals surface area contributed by atoms with Gasteiger partial charge in [-0.05, 0) is 67.1 Å². The Morgan fingerprint density at radius 1 is 1.17 bits per heavy atom. The number of aromatic nitrogens is 3. The third kappa shape index (κ3) is 4.71. The van der Waals surface area contributed by atoms with Crippen molar-refractivity contribution in [2.75, 3.05) is 20.1 Å². The van der Waals surface area contributed by atoms with Crippen LogP contribution in [0.4, 0.5) is 17.6 Å². The van der Waals surface area contributed by atoms with Crippen molar-refractivity contribution in [2.24, 2.45) is 16.4 Å². The maximum Gasteiger partial charge on any atom is 0.416 e. The summed E-state index contributed by atoms with van der Waals surface area (Å²) in [6.45, 7) is -0.137. The predicted molar refractivity (Wildman–Crippen MR) is 139 cm³/mol. The minimum absolute atomic E-state index is 0.0447. The number of fused-ring (bicyclic) bond motifs is 2. The maximum atomic E-state index is 14.2. The molecular weight excluding hydrogens is 566 g/mol. The Labute approximate surface area is 232 Å². The lowest BCUT2D eigenvalue weighted by Crippen LogP contribution is -2.60. The molecule has 1 saturated heterocycles. The van der Waals surface area contributed by atoms with Crippen LogP contribution in [0.5, 0.6) is 0 Å². The molecule has 216 valence electrons. The van der Waals surface area contributed by atoms with E-state index in [1.54, 1.807) is 30.1 Å². The Bertz CT molecular complexity index is 1640. The van der Waals surface area contributed by atoms with Crippen LogP contribution < -0.4 is 5.43 Å². The van der Waals surface area contributed by atoms with E-state index in [4.69, 9.17) is 0 Å². The number of alkyl halides is 3. The number of Topliss-reactive ketones (excluding diaryl/α,β-unsaturated/α-hetero) is 1. The highest BCUT2D eigenvalue weighted by Crippen LogP contribution is 2.48. The number of piperidine rings is 1. The van der Waals surface area contributed by atoms with Gasteiger partial charge in [-0.3, -0.25) is 9.78 Å². The second-order valence-electron chi connectivity index (χ2n) is 10.5. The topological polar surface area (TPSA) is 113 Å². The highest BCUT2D eigenvalue weighted by Gasteiger charge is 2.55. The fraction of sp³-hybridized carbons (Fsp3) is 0.385. The standard InChI is InChI=1S/C26H25F4N7O3S/c1-35-32-14-23(34-35)41(39,40)36-9-7-17-11-22-16(13-33-37(22)20-4-2-19(27)3-5-20)12-25(17,15-36)24(38)21-10-18(6-8-31-21)26(28,29)30/h2-6,8,10,13-14,17,23,34H,7,9,11-12,15H2,1H3/t17-,23?,25-/m0/s1. The first-order valence-electron chi connectivity index (χ1n) is 12.8. The van der Waals surface area contributed by atoms with Gasteiger partial charge in [0.2, 0.25) is 10.0 Å². The molecule has 0 radical (unpaired) electrons. The Morgan fingerprint density at radius 3 is 2.61 bits per heavy atom. The van der Waals surface area contributed by atoms with Gasteiger partial charge in [0.25, 0.3) is 0 Å². The molecule has 41 heavy (non-hydrogen) atoms. The molecule has 10 nitrogen and oxygen atoms in total. The number of nitrogens with one attached hydrogen (secondary N) is 1. The van der Waals surface area contributed by atoms with Gasteiger partial charge in [-0.15, -0.1) is 0 Å². The number of pyridine rings is 1. The van der Waals surface area contributed by atoms with Gasteiger partial charge in [0.05, 0.1) is 29.1 Å². The number of hydrazine groups is 1. The first-order valence-corrected chi connectivity index (χ1v) is 14.3. The minimum atomic E-state index is -4.69. The van der Waals surface area contributed by atoms with E-state index in [-0.39, 0.29) is 31.6 Å². The van der Waals surface area contributed by atoms with Gasteiger partial charge in [-0.1, -0.05) is 0 Å². The summed E-state index contributed by atoms with van der Waals surface area (Å²) in [4.78, 5) is 18.2. The summed E-state index contributed by atoms with van der Waals surface area (Å²) >= 11 is 0. The zero-order valence-corrected chi connectivity index (χ0v) is 22.5. The van der Waals surface area contributed by atoms with Gasteiger partial charge in [0, 0.05) is 32.0 Å². The summed E-state index contributed by atoms with van der Waals surface area (Å²) in [6, 6.07) is 7.27. The number of sulfonamides is 1. The molecule has 1 N–H and O–H groups in total. The fourth-order valence-corrected chi connectivity index (χ4v) is 7.59. The predicted octanol–water partition coefficient (Wildman–Crippen LogP) is 2.81. The van der Waals surface area contributed by atoms with E-state index in [2.05, 4.69) is 20.6 Å². The lowest BCUT2D eigenvalue weighted by atomic mass is 9.60. The third-order valence-corrected chi connectivity index (χ3v) is 9.98. The molecule has 3 aliphatic rings. The van der Waals surface area contributed by atoms with Crippen molar-refractivity contribution in [3.63, 3.8) is 0 Å². The van der Waals surface area contributed by atoms with Crippen LogP contribution in [0.1, 0.15) is 33.7 Å². The Kier molecular flexibility index (Phi) is 6.50.